The third kappa shape index (κ3) is 9.76. The topological polar surface area (TPSA) is 155 Å². The zero-order valence-corrected chi connectivity index (χ0v) is 25.2. The lowest BCUT2D eigenvalue weighted by Gasteiger charge is -2.15. The highest BCUT2D eigenvalue weighted by Crippen LogP contribution is 2.38. The molecule has 1 heterocycles. The number of phenols is 1. The summed E-state index contributed by atoms with van der Waals surface area (Å²) in [7, 11) is 3.14. The van der Waals surface area contributed by atoms with Gasteiger partial charge in [-0.2, -0.15) is 5.26 Å². The number of likely N-dealkylation sites (N-methyl/N-ethyl adjacent to an activating group) is 1. The van der Waals surface area contributed by atoms with Crippen molar-refractivity contribution in [2.45, 2.75) is 12.8 Å². The number of nitrogens with one attached hydrogen (secondary N) is 3. The number of alkyl halides is 1. The summed E-state index contributed by atoms with van der Waals surface area (Å²) >= 11 is 5.74. The molecular weight excluding hydrogens is 586 g/mol. The van der Waals surface area contributed by atoms with E-state index in [0.29, 0.717) is 71.6 Å². The molecule has 0 spiro atoms. The quantitative estimate of drug-likeness (QED) is 0.0833. The van der Waals surface area contributed by atoms with Crippen LogP contribution in [0.4, 0.5) is 11.4 Å². The number of aromatic nitrogens is 1. The smallest absolute Gasteiger partial charge is 0.233 e. The molecule has 0 fully saturated rings. The van der Waals surface area contributed by atoms with Crippen molar-refractivity contribution < 1.29 is 28.9 Å². The molecule has 4 aromatic rings. The molecule has 1 aromatic heterocycles. The van der Waals surface area contributed by atoms with Crippen LogP contribution in [0.25, 0.3) is 10.9 Å². The molecule has 0 radical (unpaired) electrons. The molecule has 44 heavy (non-hydrogen) atoms. The maximum atomic E-state index is 10.5. The number of carbonyl (C=O) groups is 2. The number of pyridine rings is 1. The number of anilines is 2. The molecule has 0 unspecified atom stereocenters. The lowest BCUT2D eigenvalue weighted by molar-refractivity contribution is -0.119. The number of para-hydroxylation sites is 2. The molecule has 0 aliphatic heterocycles. The number of hydrogen-bond acceptors (Lipinski definition) is 10. The number of benzene rings is 3. The van der Waals surface area contributed by atoms with E-state index in [2.05, 4.69) is 27.0 Å². The number of aldehydes is 1. The monoisotopic (exact) mass is 619 g/mol. The second-order valence-electron chi connectivity index (χ2n) is 9.09. The Labute approximate surface area is 260 Å². The number of hydrogen-bond donors (Lipinski definition) is 4. The third-order valence-electron chi connectivity index (χ3n) is 6.03. The molecule has 4 N–H and O–H groups in total. The fraction of sp³-hybridized carbons (Fsp3) is 0.250. The predicted molar refractivity (Wildman–Crippen MR) is 169 cm³/mol. The minimum Gasteiger partial charge on any atom is -0.504 e. The minimum absolute atomic E-state index is 0.0616. The second-order valence-corrected chi connectivity index (χ2v) is 9.47. The van der Waals surface area contributed by atoms with Gasteiger partial charge >= 0.3 is 0 Å². The number of carbonyl (C=O) groups excluding carboxylic acids is 2. The molecule has 0 saturated heterocycles. The van der Waals surface area contributed by atoms with Gasteiger partial charge in [-0.25, -0.2) is 0 Å². The van der Waals surface area contributed by atoms with E-state index in [9.17, 15) is 20.0 Å². The number of fused-ring (bicyclic) bond motifs is 1. The summed E-state index contributed by atoms with van der Waals surface area (Å²) < 4.78 is 17.0. The lowest BCUT2D eigenvalue weighted by atomic mass is 10.1. The van der Waals surface area contributed by atoms with Crippen LogP contribution in [-0.4, -0.2) is 62.0 Å². The summed E-state index contributed by atoms with van der Waals surface area (Å²) in [5.41, 5.74) is 2.39. The standard InChI is InChI=1S/C26H22ClN3O4.C6H12N2O2/c1-32-24-13-20-21(14-25(24)33-12-4-11-27)29-16-17(15-28)26(20)30-18-7-9-19(10-8-18)34-23-6-3-2-5-22(23)31;1-7-6(10)5-8-3-2-4-9/h2-3,5-10,13-14,16,31H,4,11-12H2,1H3,(H,29,30);4,8H,2-3,5H2,1H3,(H,7,10). The summed E-state index contributed by atoms with van der Waals surface area (Å²) in [5.74, 6) is 2.53. The van der Waals surface area contributed by atoms with Gasteiger partial charge in [0.1, 0.15) is 18.1 Å². The second kappa shape index (κ2) is 17.8. The van der Waals surface area contributed by atoms with Crippen LogP contribution >= 0.6 is 11.6 Å². The van der Waals surface area contributed by atoms with E-state index in [1.807, 2.05) is 12.1 Å². The molecule has 1 amide bonds. The molecule has 3 aromatic carbocycles. The van der Waals surface area contributed by atoms with Crippen LogP contribution in [0.5, 0.6) is 28.7 Å². The fourth-order valence-corrected chi connectivity index (χ4v) is 3.91. The van der Waals surface area contributed by atoms with Crippen molar-refractivity contribution in [3.63, 3.8) is 0 Å². The Morgan fingerprint density at radius 2 is 1.89 bits per heavy atom. The Bertz CT molecular complexity index is 1580. The molecule has 0 saturated carbocycles. The number of halogens is 1. The summed E-state index contributed by atoms with van der Waals surface area (Å²) in [6.07, 6.45) is 3.50. The number of methoxy groups -OCH3 is 1. The summed E-state index contributed by atoms with van der Waals surface area (Å²) in [6, 6.07) is 19.7. The van der Waals surface area contributed by atoms with Crippen LogP contribution < -0.4 is 30.2 Å². The van der Waals surface area contributed by atoms with Gasteiger partial charge in [0.2, 0.25) is 5.91 Å². The summed E-state index contributed by atoms with van der Waals surface area (Å²) in [4.78, 5) is 24.7. The van der Waals surface area contributed by atoms with E-state index in [1.54, 1.807) is 62.7 Å². The average Bonchev–Trinajstić information content (AvgIpc) is 3.05. The number of nitrogens with zero attached hydrogens (tertiary/aromatic N) is 2. The van der Waals surface area contributed by atoms with Crippen molar-refractivity contribution >= 4 is 46.1 Å². The van der Waals surface area contributed by atoms with E-state index in [0.717, 1.165) is 17.4 Å². The van der Waals surface area contributed by atoms with Gasteiger partial charge in [0.25, 0.3) is 0 Å². The molecule has 230 valence electrons. The molecule has 12 heteroatoms. The van der Waals surface area contributed by atoms with Gasteiger partial charge in [0, 0.05) is 49.2 Å². The van der Waals surface area contributed by atoms with Crippen molar-refractivity contribution in [2.24, 2.45) is 0 Å². The van der Waals surface area contributed by atoms with E-state index in [1.165, 1.54) is 6.20 Å². The Kier molecular flexibility index (Phi) is 13.5. The van der Waals surface area contributed by atoms with Gasteiger partial charge in [-0.1, -0.05) is 12.1 Å². The lowest BCUT2D eigenvalue weighted by Crippen LogP contribution is -2.31. The third-order valence-corrected chi connectivity index (χ3v) is 6.30. The normalized spacial score (nSPS) is 10.1. The maximum absolute atomic E-state index is 10.5. The van der Waals surface area contributed by atoms with Gasteiger partial charge in [-0.15, -0.1) is 11.6 Å². The number of amides is 1. The number of rotatable bonds is 14. The highest BCUT2D eigenvalue weighted by atomic mass is 35.5. The minimum atomic E-state index is -0.0640. The SMILES string of the molecule is CNC(=O)CNCCC=O.COc1cc2c(Nc3ccc(Oc4ccccc4O)cc3)c(C#N)cnc2cc1OCCCCl. The first-order valence-corrected chi connectivity index (χ1v) is 14.2. The highest BCUT2D eigenvalue weighted by Gasteiger charge is 2.15. The zero-order chi connectivity index (χ0) is 31.7. The predicted octanol–water partition coefficient (Wildman–Crippen LogP) is 5.28. The molecule has 0 aliphatic rings. The van der Waals surface area contributed by atoms with Crippen LogP contribution in [0.15, 0.2) is 66.9 Å². The van der Waals surface area contributed by atoms with E-state index >= 15 is 0 Å². The van der Waals surface area contributed by atoms with Crippen molar-refractivity contribution in [3.05, 3.63) is 72.4 Å². The van der Waals surface area contributed by atoms with Crippen LogP contribution in [0.3, 0.4) is 0 Å². The number of nitriles is 1. The number of ether oxygens (including phenoxy) is 3. The molecule has 0 bridgehead atoms. The van der Waals surface area contributed by atoms with Gasteiger partial charge < -0.3 is 40.1 Å². The van der Waals surface area contributed by atoms with E-state index < -0.39 is 0 Å². The Morgan fingerprint density at radius 1 is 1.11 bits per heavy atom. The largest absolute Gasteiger partial charge is 0.504 e. The number of phenolic OH excluding ortho intramolecular Hbond substituents is 1. The maximum Gasteiger partial charge on any atom is 0.233 e. The van der Waals surface area contributed by atoms with E-state index in [-0.39, 0.29) is 18.2 Å². The molecular formula is C32H34ClN5O6. The van der Waals surface area contributed by atoms with Gasteiger partial charge in [-0.3, -0.25) is 9.78 Å². The van der Waals surface area contributed by atoms with Crippen molar-refractivity contribution in [2.75, 3.05) is 45.1 Å². The molecule has 11 nitrogen and oxygen atoms in total. The molecule has 4 rings (SSSR count). The Morgan fingerprint density at radius 3 is 2.55 bits per heavy atom. The van der Waals surface area contributed by atoms with Crippen molar-refractivity contribution in [1.82, 2.24) is 15.6 Å². The first kappa shape index (κ1) is 33.5. The average molecular weight is 620 g/mol. The van der Waals surface area contributed by atoms with Crippen LogP contribution in [0.2, 0.25) is 0 Å². The first-order valence-electron chi connectivity index (χ1n) is 13.7. The summed E-state index contributed by atoms with van der Waals surface area (Å²) in [5, 5.41) is 28.8. The van der Waals surface area contributed by atoms with Crippen LogP contribution in [0.1, 0.15) is 18.4 Å². The fourth-order valence-electron chi connectivity index (χ4n) is 3.80. The number of aromatic hydroxyl groups is 1. The van der Waals surface area contributed by atoms with Gasteiger partial charge in [0.05, 0.1) is 37.0 Å². The summed E-state index contributed by atoms with van der Waals surface area (Å²) in [6.45, 7) is 1.31. The van der Waals surface area contributed by atoms with E-state index in [4.69, 9.17) is 25.8 Å². The Balaban J connectivity index is 0.000000456. The van der Waals surface area contributed by atoms with Crippen LogP contribution in [0, 0.1) is 11.3 Å². The zero-order valence-electron chi connectivity index (χ0n) is 24.4. The molecule has 0 aliphatic carbocycles. The van der Waals surface area contributed by atoms with Crippen LogP contribution in [-0.2, 0) is 9.59 Å². The highest BCUT2D eigenvalue weighted by molar-refractivity contribution is 6.17. The first-order chi connectivity index (χ1) is 21.4. The van der Waals surface area contributed by atoms with Gasteiger partial charge in [0.15, 0.2) is 23.0 Å². The Hall–Kier alpha value is -5.05. The molecule has 0 atom stereocenters. The van der Waals surface area contributed by atoms with Gasteiger partial charge in [-0.05, 0) is 48.9 Å². The van der Waals surface area contributed by atoms with Crippen molar-refractivity contribution in [1.29, 1.82) is 5.26 Å². The van der Waals surface area contributed by atoms with Crippen molar-refractivity contribution in [3.8, 4) is 34.8 Å².